The quantitative estimate of drug-likeness (QED) is 0.846. The van der Waals surface area contributed by atoms with Crippen LogP contribution < -0.4 is 11.1 Å². The Labute approximate surface area is 150 Å². The van der Waals surface area contributed by atoms with Crippen molar-refractivity contribution in [3.8, 4) is 0 Å². The molecule has 1 atom stereocenters. The Morgan fingerprint density at radius 3 is 2.12 bits per heavy atom. The molecule has 0 fully saturated rings. The Kier molecular flexibility index (Phi) is 6.03. The first kappa shape index (κ1) is 18.5. The van der Waals surface area contributed by atoms with E-state index in [1.54, 1.807) is 0 Å². The van der Waals surface area contributed by atoms with E-state index in [2.05, 4.69) is 48.6 Å². The van der Waals surface area contributed by atoms with E-state index >= 15 is 0 Å². The number of primary amides is 1. The molecule has 2 aromatic rings. The molecule has 0 aromatic heterocycles. The number of carbonyl (C=O) groups is 1. The Morgan fingerprint density at radius 2 is 1.62 bits per heavy atom. The third-order valence-corrected chi connectivity index (χ3v) is 4.91. The minimum atomic E-state index is -0.364. The number of carbonyl (C=O) groups excluding carboxylic acids is 1. The second-order valence-corrected chi connectivity index (χ2v) is 6.43. The number of hydrogen-bond acceptors (Lipinski definition) is 2. The zero-order valence-electron chi connectivity index (χ0n) is 14.0. The number of hydrogen-bond donors (Lipinski definition) is 2. The van der Waals surface area contributed by atoms with Crippen molar-refractivity contribution in [3.63, 3.8) is 0 Å². The van der Waals surface area contributed by atoms with Gasteiger partial charge >= 0.3 is 0 Å². The van der Waals surface area contributed by atoms with Gasteiger partial charge in [0.25, 0.3) is 0 Å². The first-order valence-electron chi connectivity index (χ1n) is 8.32. The fourth-order valence-electron chi connectivity index (χ4n) is 3.85. The molecule has 24 heavy (non-hydrogen) atoms. The van der Waals surface area contributed by atoms with Gasteiger partial charge in [-0.2, -0.15) is 0 Å². The highest BCUT2D eigenvalue weighted by Gasteiger charge is 2.47. The minimum Gasteiger partial charge on any atom is -0.368 e. The van der Waals surface area contributed by atoms with Gasteiger partial charge in [-0.15, -0.1) is 12.4 Å². The summed E-state index contributed by atoms with van der Waals surface area (Å²) < 4.78 is 0. The van der Waals surface area contributed by atoms with E-state index in [-0.39, 0.29) is 29.8 Å². The number of fused-ring (bicyclic) bond motifs is 1. The Bertz CT molecular complexity index is 662. The van der Waals surface area contributed by atoms with Gasteiger partial charge in [-0.3, -0.25) is 4.79 Å². The van der Waals surface area contributed by atoms with Crippen molar-refractivity contribution in [2.75, 3.05) is 6.54 Å². The molecule has 3 rings (SSSR count). The molecular formula is C20H25ClN2O. The van der Waals surface area contributed by atoms with Crippen molar-refractivity contribution in [2.24, 2.45) is 5.73 Å². The molecule has 1 aliphatic rings. The predicted octanol–water partition coefficient (Wildman–Crippen LogP) is 3.00. The van der Waals surface area contributed by atoms with Crippen LogP contribution >= 0.6 is 12.4 Å². The van der Waals surface area contributed by atoms with E-state index in [0.29, 0.717) is 0 Å². The summed E-state index contributed by atoms with van der Waals surface area (Å²) in [6.07, 6.45) is 2.66. The lowest BCUT2D eigenvalue weighted by atomic mass is 9.71. The summed E-state index contributed by atoms with van der Waals surface area (Å²) >= 11 is 0. The first-order valence-corrected chi connectivity index (χ1v) is 8.32. The summed E-state index contributed by atoms with van der Waals surface area (Å²) in [5.74, 6) is -0.268. The second kappa shape index (κ2) is 7.82. The van der Waals surface area contributed by atoms with E-state index in [9.17, 15) is 4.79 Å². The zero-order valence-corrected chi connectivity index (χ0v) is 14.8. The molecule has 3 nitrogen and oxygen atoms in total. The summed E-state index contributed by atoms with van der Waals surface area (Å²) in [4.78, 5) is 12.3. The number of nitrogens with two attached hydrogens (primary N) is 1. The maximum atomic E-state index is 12.3. The molecule has 0 heterocycles. The van der Waals surface area contributed by atoms with Gasteiger partial charge in [0, 0.05) is 5.41 Å². The monoisotopic (exact) mass is 344 g/mol. The summed E-state index contributed by atoms with van der Waals surface area (Å²) in [7, 11) is 0. The van der Waals surface area contributed by atoms with Crippen molar-refractivity contribution >= 4 is 18.3 Å². The third-order valence-electron chi connectivity index (χ3n) is 4.91. The molecule has 128 valence electrons. The van der Waals surface area contributed by atoms with E-state index in [0.717, 1.165) is 25.8 Å². The Morgan fingerprint density at radius 1 is 1.08 bits per heavy atom. The van der Waals surface area contributed by atoms with Gasteiger partial charge in [0.2, 0.25) is 5.91 Å². The van der Waals surface area contributed by atoms with Crippen LogP contribution in [0.5, 0.6) is 0 Å². The fraction of sp³-hybridized carbons (Fsp3) is 0.350. The van der Waals surface area contributed by atoms with Gasteiger partial charge in [-0.1, -0.05) is 61.5 Å². The summed E-state index contributed by atoms with van der Waals surface area (Å²) in [5, 5.41) is 3.41. The molecule has 4 heteroatoms. The molecule has 3 N–H and O–H groups in total. The molecule has 1 aliphatic carbocycles. The molecular weight excluding hydrogens is 320 g/mol. The van der Waals surface area contributed by atoms with Crippen LogP contribution in [0, 0.1) is 0 Å². The maximum absolute atomic E-state index is 12.3. The van der Waals surface area contributed by atoms with Crippen LogP contribution in [-0.4, -0.2) is 18.5 Å². The molecule has 2 aromatic carbocycles. The molecule has 1 amide bonds. The van der Waals surface area contributed by atoms with E-state index in [4.69, 9.17) is 5.73 Å². The molecule has 0 spiro atoms. The summed E-state index contributed by atoms with van der Waals surface area (Å²) in [5.41, 5.74) is 9.34. The zero-order chi connectivity index (χ0) is 16.3. The Hall–Kier alpha value is -1.84. The lowest BCUT2D eigenvalue weighted by molar-refractivity contribution is -0.121. The van der Waals surface area contributed by atoms with Crippen molar-refractivity contribution in [1.82, 2.24) is 5.32 Å². The summed E-state index contributed by atoms with van der Waals surface area (Å²) in [6.45, 7) is 2.89. The number of benzene rings is 2. The highest BCUT2D eigenvalue weighted by atomic mass is 35.5. The van der Waals surface area contributed by atoms with E-state index in [1.165, 1.54) is 16.7 Å². The third kappa shape index (κ3) is 3.33. The highest BCUT2D eigenvalue weighted by molar-refractivity contribution is 5.85. The SMILES string of the molecule is CCCNC(C(N)=O)C1(c2ccccc2)Cc2ccccc2C1.Cl. The van der Waals surface area contributed by atoms with E-state index in [1.807, 2.05) is 18.2 Å². The van der Waals surface area contributed by atoms with Crippen LogP contribution in [0.25, 0.3) is 0 Å². The van der Waals surface area contributed by atoms with Gasteiger partial charge in [0.1, 0.15) is 0 Å². The Balaban J connectivity index is 0.00000208. The van der Waals surface area contributed by atoms with Crippen LogP contribution in [0.1, 0.15) is 30.0 Å². The van der Waals surface area contributed by atoms with Crippen LogP contribution in [0.4, 0.5) is 0 Å². The molecule has 0 bridgehead atoms. The van der Waals surface area contributed by atoms with E-state index < -0.39 is 0 Å². The van der Waals surface area contributed by atoms with Crippen LogP contribution in [0.15, 0.2) is 54.6 Å². The fourth-order valence-corrected chi connectivity index (χ4v) is 3.85. The van der Waals surface area contributed by atoms with Crippen molar-refractivity contribution in [2.45, 2.75) is 37.6 Å². The molecule has 0 saturated heterocycles. The topological polar surface area (TPSA) is 55.1 Å². The van der Waals surface area contributed by atoms with Gasteiger partial charge < -0.3 is 11.1 Å². The number of amides is 1. The summed E-state index contributed by atoms with van der Waals surface area (Å²) in [6, 6.07) is 18.4. The van der Waals surface area contributed by atoms with Crippen LogP contribution in [0.2, 0.25) is 0 Å². The average Bonchev–Trinajstić information content (AvgIpc) is 2.96. The lowest BCUT2D eigenvalue weighted by Crippen LogP contribution is -2.56. The van der Waals surface area contributed by atoms with Crippen molar-refractivity contribution < 1.29 is 4.79 Å². The normalized spacial score (nSPS) is 16.0. The molecule has 1 unspecified atom stereocenters. The molecule has 0 radical (unpaired) electrons. The molecule has 0 saturated carbocycles. The highest BCUT2D eigenvalue weighted by Crippen LogP contribution is 2.42. The molecule has 0 aliphatic heterocycles. The average molecular weight is 345 g/mol. The minimum absolute atomic E-state index is 0. The van der Waals surface area contributed by atoms with Gasteiger partial charge in [0.15, 0.2) is 0 Å². The maximum Gasteiger partial charge on any atom is 0.235 e. The second-order valence-electron chi connectivity index (χ2n) is 6.43. The van der Waals surface area contributed by atoms with Crippen LogP contribution in [0.3, 0.4) is 0 Å². The first-order chi connectivity index (χ1) is 11.2. The van der Waals surface area contributed by atoms with Gasteiger partial charge in [0.05, 0.1) is 6.04 Å². The van der Waals surface area contributed by atoms with Gasteiger partial charge in [-0.25, -0.2) is 0 Å². The number of rotatable bonds is 6. The largest absolute Gasteiger partial charge is 0.368 e. The number of nitrogens with one attached hydrogen (secondary N) is 1. The van der Waals surface area contributed by atoms with Crippen molar-refractivity contribution in [3.05, 3.63) is 71.3 Å². The standard InChI is InChI=1S/C20H24N2O.ClH/c1-2-12-22-18(19(21)23)20(17-10-4-3-5-11-17)13-15-8-6-7-9-16(15)14-20;/h3-11,18,22H,2,12-14H2,1H3,(H2,21,23);1H. The lowest BCUT2D eigenvalue weighted by Gasteiger charge is -2.37. The van der Waals surface area contributed by atoms with Gasteiger partial charge in [-0.05, 0) is 42.5 Å². The van der Waals surface area contributed by atoms with Crippen LogP contribution in [-0.2, 0) is 23.1 Å². The smallest absolute Gasteiger partial charge is 0.235 e. The van der Waals surface area contributed by atoms with Crippen molar-refractivity contribution in [1.29, 1.82) is 0 Å². The number of halogens is 1. The predicted molar refractivity (Wildman–Crippen MR) is 100 cm³/mol.